The molecule has 0 saturated carbocycles. The van der Waals surface area contributed by atoms with Gasteiger partial charge in [0.05, 0.1) is 11.4 Å². The fourth-order valence-corrected chi connectivity index (χ4v) is 6.80. The summed E-state index contributed by atoms with van der Waals surface area (Å²) in [6.07, 6.45) is 5.15. The van der Waals surface area contributed by atoms with Crippen molar-refractivity contribution in [1.82, 2.24) is 20.5 Å². The molecule has 4 heterocycles. The number of hydrazine groups is 1. The largest absolute Gasteiger partial charge is 0.369 e. The number of nitrogens with zero attached hydrogens (tertiary/aromatic N) is 6. The summed E-state index contributed by atoms with van der Waals surface area (Å²) in [6.45, 7) is 3.91. The second kappa shape index (κ2) is 8.97. The van der Waals surface area contributed by atoms with Crippen molar-refractivity contribution in [3.63, 3.8) is 0 Å². The van der Waals surface area contributed by atoms with Crippen LogP contribution in [0, 0.1) is 11.2 Å². The van der Waals surface area contributed by atoms with Gasteiger partial charge >= 0.3 is 0 Å². The number of aryl methyl sites for hydroxylation is 2. The summed E-state index contributed by atoms with van der Waals surface area (Å²) in [4.78, 5) is 9.02. The zero-order valence-electron chi connectivity index (χ0n) is 22.2. The first kappa shape index (κ1) is 24.4. The molecule has 3 aromatic rings. The number of guanidine groups is 1. The average molecular weight is 528 g/mol. The smallest absolute Gasteiger partial charge is 0.215 e. The van der Waals surface area contributed by atoms with E-state index in [0.29, 0.717) is 17.1 Å². The Bertz CT molecular complexity index is 1470. The minimum atomic E-state index is -1.43. The Morgan fingerprint density at radius 3 is 2.62 bits per heavy atom. The molecule has 7 rings (SSSR count). The Morgan fingerprint density at radius 2 is 1.79 bits per heavy atom. The van der Waals surface area contributed by atoms with Crippen molar-refractivity contribution in [1.29, 1.82) is 0 Å². The molecular weight excluding hydrogens is 493 g/mol. The lowest BCUT2D eigenvalue weighted by atomic mass is 9.86. The lowest BCUT2D eigenvalue weighted by Gasteiger charge is -2.27. The average Bonchev–Trinajstić information content (AvgIpc) is 3.56. The Labute approximate surface area is 227 Å². The molecule has 1 aliphatic carbocycles. The summed E-state index contributed by atoms with van der Waals surface area (Å²) in [6, 6.07) is 15.4. The number of nitrogens with two attached hydrogens (primary N) is 2. The van der Waals surface area contributed by atoms with Gasteiger partial charge in [0.1, 0.15) is 5.82 Å². The molecule has 2 fully saturated rings. The number of aliphatic imine (C=N–C) groups is 1. The van der Waals surface area contributed by atoms with E-state index in [1.807, 2.05) is 24.3 Å². The van der Waals surface area contributed by atoms with Crippen LogP contribution in [0.25, 0.3) is 11.3 Å². The molecule has 1 spiro atoms. The van der Waals surface area contributed by atoms with Gasteiger partial charge in [-0.3, -0.25) is 5.73 Å². The van der Waals surface area contributed by atoms with Crippen LogP contribution in [0.2, 0.25) is 0 Å². The highest BCUT2D eigenvalue weighted by Gasteiger charge is 2.43. The number of anilines is 2. The van der Waals surface area contributed by atoms with Gasteiger partial charge in [-0.2, -0.15) is 5.43 Å². The van der Waals surface area contributed by atoms with E-state index in [9.17, 15) is 0 Å². The Morgan fingerprint density at radius 1 is 0.974 bits per heavy atom. The molecule has 0 bridgehead atoms. The van der Waals surface area contributed by atoms with E-state index in [2.05, 4.69) is 55.7 Å². The van der Waals surface area contributed by atoms with Gasteiger partial charge in [-0.15, -0.1) is 10.2 Å². The van der Waals surface area contributed by atoms with E-state index >= 15 is 4.39 Å². The second-order valence-electron chi connectivity index (χ2n) is 11.6. The second-order valence-corrected chi connectivity index (χ2v) is 11.6. The third kappa shape index (κ3) is 4.14. The van der Waals surface area contributed by atoms with Crippen LogP contribution in [0.4, 0.5) is 15.9 Å². The van der Waals surface area contributed by atoms with Crippen LogP contribution in [0.3, 0.4) is 0 Å². The number of fused-ring (bicyclic) bond motifs is 3. The number of hydrogen-bond donors (Lipinski definition) is 3. The van der Waals surface area contributed by atoms with Gasteiger partial charge in [0.15, 0.2) is 5.82 Å². The third-order valence-corrected chi connectivity index (χ3v) is 8.85. The maximum absolute atomic E-state index is 15.5. The SMILES string of the molecule is CN1CCC2(CCN(c3ccc(C4(N)N=C(N)N(c5cc6c(nn5)-c5ccccc5CCC6)N4)cc3F)C2)C1. The van der Waals surface area contributed by atoms with Crippen LogP contribution in [-0.4, -0.2) is 54.3 Å². The van der Waals surface area contributed by atoms with Crippen LogP contribution in [0.1, 0.15) is 36.0 Å². The maximum Gasteiger partial charge on any atom is 0.215 e. The van der Waals surface area contributed by atoms with E-state index in [1.54, 1.807) is 0 Å². The summed E-state index contributed by atoms with van der Waals surface area (Å²) >= 11 is 0. The fraction of sp³-hybridized carbons (Fsp3) is 0.414. The monoisotopic (exact) mass is 527 g/mol. The molecule has 2 unspecified atom stereocenters. The van der Waals surface area contributed by atoms with Crippen LogP contribution in [-0.2, 0) is 18.6 Å². The number of hydrogen-bond acceptors (Lipinski definition) is 9. The maximum atomic E-state index is 15.5. The molecule has 4 aliphatic rings. The quantitative estimate of drug-likeness (QED) is 0.477. The molecule has 1 aromatic heterocycles. The van der Waals surface area contributed by atoms with Crippen LogP contribution in [0.15, 0.2) is 53.5 Å². The van der Waals surface area contributed by atoms with Gasteiger partial charge in [0.2, 0.25) is 11.7 Å². The molecule has 2 saturated heterocycles. The van der Waals surface area contributed by atoms with Crippen molar-refractivity contribution in [2.45, 2.75) is 37.9 Å². The summed E-state index contributed by atoms with van der Waals surface area (Å²) in [5, 5.41) is 10.6. The Kier molecular flexibility index (Phi) is 5.62. The van der Waals surface area contributed by atoms with Crippen LogP contribution < -0.4 is 26.8 Å². The molecule has 2 atom stereocenters. The zero-order valence-corrected chi connectivity index (χ0v) is 22.2. The van der Waals surface area contributed by atoms with Crippen LogP contribution in [0.5, 0.6) is 0 Å². The van der Waals surface area contributed by atoms with E-state index in [1.165, 1.54) is 16.6 Å². The topological polar surface area (TPSA) is 112 Å². The highest BCUT2D eigenvalue weighted by molar-refractivity contribution is 5.95. The lowest BCUT2D eigenvalue weighted by molar-refractivity contribution is 0.312. The summed E-state index contributed by atoms with van der Waals surface area (Å²) in [5.41, 5.74) is 21.9. The molecule has 0 amide bonds. The van der Waals surface area contributed by atoms with Crippen molar-refractivity contribution in [2.24, 2.45) is 21.9 Å². The predicted molar refractivity (Wildman–Crippen MR) is 150 cm³/mol. The molecule has 5 N–H and O–H groups in total. The first-order valence-corrected chi connectivity index (χ1v) is 13.7. The van der Waals surface area contributed by atoms with Crippen molar-refractivity contribution in [2.75, 3.05) is 43.1 Å². The summed E-state index contributed by atoms with van der Waals surface area (Å²) < 4.78 is 15.5. The van der Waals surface area contributed by atoms with Gasteiger partial charge in [-0.05, 0) is 75.0 Å². The minimum absolute atomic E-state index is 0.150. The Balaban J connectivity index is 1.12. The van der Waals surface area contributed by atoms with Gasteiger partial charge in [0, 0.05) is 36.2 Å². The fourth-order valence-electron chi connectivity index (χ4n) is 6.80. The number of rotatable bonds is 3. The molecular formula is C29H34FN9. The predicted octanol–water partition coefficient (Wildman–Crippen LogP) is 2.71. The standard InChI is InChI=1S/C29H34FN9/c1-37-13-11-28(17-37)12-14-38(18-28)24-10-9-21(16-23(24)30)29(32)33-27(31)39(36-29)25-15-20-7-4-6-19-5-2-3-8-22(19)26(20)35-34-25/h2-3,5,8-10,15-16,36H,4,6-7,11-14,17-18,32H2,1H3,(H2,31,33). The van der Waals surface area contributed by atoms with E-state index in [-0.39, 0.29) is 17.2 Å². The van der Waals surface area contributed by atoms with E-state index in [4.69, 9.17) is 11.5 Å². The number of likely N-dealkylation sites (tertiary alicyclic amines) is 1. The van der Waals surface area contributed by atoms with Gasteiger partial charge in [0.25, 0.3) is 0 Å². The van der Waals surface area contributed by atoms with Crippen molar-refractivity contribution >= 4 is 17.5 Å². The highest BCUT2D eigenvalue weighted by atomic mass is 19.1. The highest BCUT2D eigenvalue weighted by Crippen LogP contribution is 2.41. The summed E-state index contributed by atoms with van der Waals surface area (Å²) in [5.74, 6) is -1.08. The zero-order chi connectivity index (χ0) is 26.8. The Hall–Kier alpha value is -3.60. The van der Waals surface area contributed by atoms with E-state index in [0.717, 1.165) is 75.1 Å². The first-order valence-electron chi connectivity index (χ1n) is 13.7. The summed E-state index contributed by atoms with van der Waals surface area (Å²) in [7, 11) is 2.16. The molecule has 0 radical (unpaired) electrons. The third-order valence-electron chi connectivity index (χ3n) is 8.85. The number of nitrogens with one attached hydrogen (secondary N) is 1. The molecule has 10 heteroatoms. The number of aromatic nitrogens is 2. The molecule has 9 nitrogen and oxygen atoms in total. The molecule has 202 valence electrons. The number of benzene rings is 2. The molecule has 2 aromatic carbocycles. The van der Waals surface area contributed by atoms with Crippen molar-refractivity contribution in [3.8, 4) is 11.3 Å². The minimum Gasteiger partial charge on any atom is -0.369 e. The van der Waals surface area contributed by atoms with Crippen molar-refractivity contribution < 1.29 is 4.39 Å². The van der Waals surface area contributed by atoms with Crippen molar-refractivity contribution in [3.05, 3.63) is 71.0 Å². The van der Waals surface area contributed by atoms with Gasteiger partial charge in [-0.25, -0.2) is 14.4 Å². The van der Waals surface area contributed by atoms with Crippen LogP contribution >= 0.6 is 0 Å². The van der Waals surface area contributed by atoms with Gasteiger partial charge in [-0.1, -0.05) is 30.3 Å². The molecule has 3 aliphatic heterocycles. The first-order chi connectivity index (χ1) is 18.8. The molecule has 39 heavy (non-hydrogen) atoms. The lowest BCUT2D eigenvalue weighted by Crippen LogP contribution is -2.53. The number of halogens is 1. The van der Waals surface area contributed by atoms with E-state index < -0.39 is 5.79 Å². The normalized spacial score (nSPS) is 26.6. The van der Waals surface area contributed by atoms with Gasteiger partial charge < -0.3 is 15.5 Å².